The molecule has 1 atom stereocenters. The fourth-order valence-electron chi connectivity index (χ4n) is 1.37. The van der Waals surface area contributed by atoms with Crippen LogP contribution in [0.25, 0.3) is 0 Å². The van der Waals surface area contributed by atoms with Gasteiger partial charge in [0.2, 0.25) is 0 Å². The summed E-state index contributed by atoms with van der Waals surface area (Å²) in [6.45, 7) is 6.76. The molecule has 13 heavy (non-hydrogen) atoms. The highest BCUT2D eigenvalue weighted by Gasteiger charge is 2.14. The molecule has 3 heteroatoms. The van der Waals surface area contributed by atoms with E-state index < -0.39 is 0 Å². The van der Waals surface area contributed by atoms with Crippen LogP contribution in [0.15, 0.2) is 0 Å². The molecule has 1 unspecified atom stereocenters. The van der Waals surface area contributed by atoms with Gasteiger partial charge in [0.15, 0.2) is 0 Å². The van der Waals surface area contributed by atoms with E-state index in [9.17, 15) is 0 Å². The van der Waals surface area contributed by atoms with Crippen molar-refractivity contribution in [3.63, 3.8) is 0 Å². The summed E-state index contributed by atoms with van der Waals surface area (Å²) in [5.74, 6) is 0. The van der Waals surface area contributed by atoms with Crippen molar-refractivity contribution in [2.75, 3.05) is 32.9 Å². The number of nitrogens with one attached hydrogen (secondary N) is 1. The van der Waals surface area contributed by atoms with E-state index in [1.165, 1.54) is 12.8 Å². The Kier molecular flexibility index (Phi) is 6.15. The van der Waals surface area contributed by atoms with Gasteiger partial charge in [0.25, 0.3) is 0 Å². The third kappa shape index (κ3) is 5.24. The average Bonchev–Trinajstić information content (AvgIpc) is 2.63. The number of hydrogen-bond acceptors (Lipinski definition) is 3. The summed E-state index contributed by atoms with van der Waals surface area (Å²) < 4.78 is 10.8. The van der Waals surface area contributed by atoms with Gasteiger partial charge >= 0.3 is 0 Å². The fourth-order valence-corrected chi connectivity index (χ4v) is 1.37. The van der Waals surface area contributed by atoms with Crippen molar-refractivity contribution < 1.29 is 9.47 Å². The van der Waals surface area contributed by atoms with Crippen molar-refractivity contribution >= 4 is 0 Å². The Morgan fingerprint density at radius 3 is 3.08 bits per heavy atom. The third-order valence-electron chi connectivity index (χ3n) is 2.23. The van der Waals surface area contributed by atoms with Crippen molar-refractivity contribution in [3.8, 4) is 0 Å². The Hall–Kier alpha value is -0.120. The Morgan fingerprint density at radius 1 is 1.46 bits per heavy atom. The standard InChI is InChI=1S/C10H21NO2/c1-2-3-5-11-6-8-13-10-4-7-12-9-10/h10-11H,2-9H2,1H3. The maximum absolute atomic E-state index is 5.60. The molecule has 1 fully saturated rings. The maximum Gasteiger partial charge on any atom is 0.0831 e. The first kappa shape index (κ1) is 11.0. The van der Waals surface area contributed by atoms with E-state index in [0.29, 0.717) is 6.10 Å². The molecular formula is C10H21NO2. The molecule has 1 aliphatic heterocycles. The lowest BCUT2D eigenvalue weighted by molar-refractivity contribution is 0.0446. The lowest BCUT2D eigenvalue weighted by Gasteiger charge is -2.09. The smallest absolute Gasteiger partial charge is 0.0831 e. The van der Waals surface area contributed by atoms with Gasteiger partial charge in [-0.05, 0) is 19.4 Å². The Morgan fingerprint density at radius 2 is 2.38 bits per heavy atom. The van der Waals surface area contributed by atoms with Crippen molar-refractivity contribution in [2.45, 2.75) is 32.3 Å². The third-order valence-corrected chi connectivity index (χ3v) is 2.23. The minimum atomic E-state index is 0.355. The molecule has 0 aromatic carbocycles. The summed E-state index contributed by atoms with van der Waals surface area (Å²) >= 11 is 0. The van der Waals surface area contributed by atoms with Gasteiger partial charge in [-0.3, -0.25) is 0 Å². The minimum Gasteiger partial charge on any atom is -0.379 e. The highest BCUT2D eigenvalue weighted by molar-refractivity contribution is 4.63. The second kappa shape index (κ2) is 7.30. The molecule has 78 valence electrons. The van der Waals surface area contributed by atoms with E-state index in [2.05, 4.69) is 12.2 Å². The molecule has 0 radical (unpaired) electrons. The van der Waals surface area contributed by atoms with Crippen LogP contribution in [0.5, 0.6) is 0 Å². The summed E-state index contributed by atoms with van der Waals surface area (Å²) in [5.41, 5.74) is 0. The summed E-state index contributed by atoms with van der Waals surface area (Å²) in [6.07, 6.45) is 3.93. The first-order chi connectivity index (χ1) is 6.43. The molecule has 1 saturated heterocycles. The molecule has 0 saturated carbocycles. The largest absolute Gasteiger partial charge is 0.379 e. The zero-order valence-electron chi connectivity index (χ0n) is 8.55. The lowest BCUT2D eigenvalue weighted by atomic mass is 10.3. The van der Waals surface area contributed by atoms with E-state index in [4.69, 9.17) is 9.47 Å². The van der Waals surface area contributed by atoms with Crippen LogP contribution in [0.3, 0.4) is 0 Å². The van der Waals surface area contributed by atoms with Gasteiger partial charge in [-0.1, -0.05) is 13.3 Å². The van der Waals surface area contributed by atoms with Crippen molar-refractivity contribution in [2.24, 2.45) is 0 Å². The molecule has 0 aliphatic carbocycles. The molecular weight excluding hydrogens is 166 g/mol. The van der Waals surface area contributed by atoms with E-state index in [-0.39, 0.29) is 0 Å². The van der Waals surface area contributed by atoms with Gasteiger partial charge in [-0.2, -0.15) is 0 Å². The number of rotatable bonds is 7. The summed E-state index contributed by atoms with van der Waals surface area (Å²) in [6, 6.07) is 0. The van der Waals surface area contributed by atoms with Gasteiger partial charge in [0.05, 0.1) is 19.3 Å². The second-order valence-corrected chi connectivity index (χ2v) is 3.46. The van der Waals surface area contributed by atoms with Gasteiger partial charge in [0, 0.05) is 13.2 Å². The number of ether oxygens (including phenoxy) is 2. The average molecular weight is 187 g/mol. The molecule has 0 amide bonds. The Bertz CT molecular complexity index is 113. The summed E-state index contributed by atoms with van der Waals surface area (Å²) in [7, 11) is 0. The first-order valence-corrected chi connectivity index (χ1v) is 5.33. The summed E-state index contributed by atoms with van der Waals surface area (Å²) in [5, 5.41) is 3.34. The van der Waals surface area contributed by atoms with Crippen LogP contribution in [0.2, 0.25) is 0 Å². The van der Waals surface area contributed by atoms with Crippen molar-refractivity contribution in [1.82, 2.24) is 5.32 Å². The zero-order chi connectivity index (χ0) is 9.36. The van der Waals surface area contributed by atoms with Gasteiger partial charge < -0.3 is 14.8 Å². The van der Waals surface area contributed by atoms with Gasteiger partial charge in [-0.25, -0.2) is 0 Å². The van der Waals surface area contributed by atoms with Crippen LogP contribution in [-0.2, 0) is 9.47 Å². The second-order valence-electron chi connectivity index (χ2n) is 3.46. The number of hydrogen-bond donors (Lipinski definition) is 1. The van der Waals surface area contributed by atoms with Crippen LogP contribution < -0.4 is 5.32 Å². The molecule has 3 nitrogen and oxygen atoms in total. The highest BCUT2D eigenvalue weighted by atomic mass is 16.5. The Balaban J connectivity index is 1.78. The topological polar surface area (TPSA) is 30.5 Å². The normalized spacial score (nSPS) is 22.4. The van der Waals surface area contributed by atoms with Crippen LogP contribution in [0.4, 0.5) is 0 Å². The van der Waals surface area contributed by atoms with E-state index in [0.717, 1.165) is 39.3 Å². The molecule has 1 N–H and O–H groups in total. The molecule has 0 aromatic heterocycles. The molecule has 0 bridgehead atoms. The quantitative estimate of drug-likeness (QED) is 0.607. The molecule has 1 rings (SSSR count). The molecule has 1 heterocycles. The molecule has 0 spiro atoms. The lowest BCUT2D eigenvalue weighted by Crippen LogP contribution is -2.24. The van der Waals surface area contributed by atoms with E-state index in [1.807, 2.05) is 0 Å². The SMILES string of the molecule is CCCCNCCOC1CCOC1. The zero-order valence-corrected chi connectivity index (χ0v) is 8.55. The Labute approximate surface area is 80.8 Å². The van der Waals surface area contributed by atoms with Crippen LogP contribution in [0, 0.1) is 0 Å². The van der Waals surface area contributed by atoms with Gasteiger partial charge in [-0.15, -0.1) is 0 Å². The van der Waals surface area contributed by atoms with Crippen LogP contribution >= 0.6 is 0 Å². The van der Waals surface area contributed by atoms with E-state index >= 15 is 0 Å². The monoisotopic (exact) mass is 187 g/mol. The molecule has 1 aliphatic rings. The maximum atomic E-state index is 5.60. The first-order valence-electron chi connectivity index (χ1n) is 5.33. The predicted octanol–water partition coefficient (Wildman–Crippen LogP) is 1.18. The summed E-state index contributed by atoms with van der Waals surface area (Å²) in [4.78, 5) is 0. The van der Waals surface area contributed by atoms with E-state index in [1.54, 1.807) is 0 Å². The highest BCUT2D eigenvalue weighted by Crippen LogP contribution is 2.06. The minimum absolute atomic E-state index is 0.355. The number of unbranched alkanes of at least 4 members (excludes halogenated alkanes) is 1. The van der Waals surface area contributed by atoms with Crippen LogP contribution in [-0.4, -0.2) is 39.0 Å². The van der Waals surface area contributed by atoms with Crippen molar-refractivity contribution in [1.29, 1.82) is 0 Å². The van der Waals surface area contributed by atoms with Crippen molar-refractivity contribution in [3.05, 3.63) is 0 Å². The predicted molar refractivity (Wildman–Crippen MR) is 53.0 cm³/mol. The van der Waals surface area contributed by atoms with Crippen LogP contribution in [0.1, 0.15) is 26.2 Å². The molecule has 0 aromatic rings. The van der Waals surface area contributed by atoms with Gasteiger partial charge in [0.1, 0.15) is 0 Å². The fraction of sp³-hybridized carbons (Fsp3) is 1.00.